The summed E-state index contributed by atoms with van der Waals surface area (Å²) in [6.07, 6.45) is -2.55. The van der Waals surface area contributed by atoms with Crippen LogP contribution in [0.4, 0.5) is 22.0 Å². The van der Waals surface area contributed by atoms with Crippen LogP contribution in [0.2, 0.25) is 0 Å². The van der Waals surface area contributed by atoms with E-state index in [0.29, 0.717) is 11.6 Å². The number of aromatic nitrogens is 2. The molecule has 0 unspecified atom stereocenters. The molecule has 0 aliphatic carbocycles. The van der Waals surface area contributed by atoms with Gasteiger partial charge in [-0.15, -0.1) is 0 Å². The molecular formula is C14H7F5N2. The first-order valence-electron chi connectivity index (χ1n) is 5.85. The fourth-order valence-corrected chi connectivity index (χ4v) is 2.10. The van der Waals surface area contributed by atoms with Crippen molar-refractivity contribution in [3.8, 4) is 11.1 Å². The molecule has 2 nitrogen and oxygen atoms in total. The number of rotatable bonds is 1. The van der Waals surface area contributed by atoms with Gasteiger partial charge < -0.3 is 4.98 Å². The Morgan fingerprint density at radius 1 is 0.905 bits per heavy atom. The highest BCUT2D eigenvalue weighted by Crippen LogP contribution is 2.35. The number of hydrogen-bond acceptors (Lipinski definition) is 1. The number of halogens is 5. The van der Waals surface area contributed by atoms with Gasteiger partial charge >= 0.3 is 6.18 Å². The first-order chi connectivity index (χ1) is 9.84. The number of nitrogens with one attached hydrogen (secondary N) is 1. The summed E-state index contributed by atoms with van der Waals surface area (Å²) in [5.74, 6) is -1.54. The van der Waals surface area contributed by atoms with E-state index in [1.807, 2.05) is 0 Å². The zero-order valence-corrected chi connectivity index (χ0v) is 10.3. The molecule has 3 aromatic rings. The van der Waals surface area contributed by atoms with Crippen molar-refractivity contribution in [2.45, 2.75) is 6.18 Å². The molecular weight excluding hydrogens is 291 g/mol. The number of alkyl halides is 3. The Morgan fingerprint density at radius 3 is 2.19 bits per heavy atom. The van der Waals surface area contributed by atoms with E-state index in [9.17, 15) is 22.0 Å². The lowest BCUT2D eigenvalue weighted by Gasteiger charge is -2.05. The molecule has 7 heteroatoms. The van der Waals surface area contributed by atoms with Gasteiger partial charge in [0.25, 0.3) is 0 Å². The van der Waals surface area contributed by atoms with Crippen LogP contribution in [0, 0.1) is 11.6 Å². The van der Waals surface area contributed by atoms with Gasteiger partial charge in [-0.25, -0.2) is 8.78 Å². The third-order valence-corrected chi connectivity index (χ3v) is 3.02. The Bertz CT molecular complexity index is 800. The zero-order valence-electron chi connectivity index (χ0n) is 10.3. The fraction of sp³-hybridized carbons (Fsp3) is 0.0714. The van der Waals surface area contributed by atoms with Crippen LogP contribution in [0.1, 0.15) is 5.56 Å². The zero-order chi connectivity index (χ0) is 15.2. The van der Waals surface area contributed by atoms with Crippen molar-refractivity contribution in [3.63, 3.8) is 0 Å². The molecule has 1 aromatic carbocycles. The molecule has 0 saturated carbocycles. The van der Waals surface area contributed by atoms with E-state index in [2.05, 4.69) is 9.97 Å². The number of aromatic amines is 1. The van der Waals surface area contributed by atoms with Crippen molar-refractivity contribution in [1.29, 1.82) is 0 Å². The number of H-pyrrole nitrogens is 1. The highest BCUT2D eigenvalue weighted by atomic mass is 19.4. The molecule has 0 radical (unpaired) electrons. The first kappa shape index (κ1) is 13.5. The summed E-state index contributed by atoms with van der Waals surface area (Å²) < 4.78 is 64.5. The molecule has 2 heterocycles. The van der Waals surface area contributed by atoms with Gasteiger partial charge in [0, 0.05) is 24.0 Å². The van der Waals surface area contributed by atoms with Crippen LogP contribution < -0.4 is 0 Å². The first-order valence-corrected chi connectivity index (χ1v) is 5.85. The molecule has 108 valence electrons. The van der Waals surface area contributed by atoms with Crippen LogP contribution in [0.3, 0.4) is 0 Å². The molecule has 0 bridgehead atoms. The minimum absolute atomic E-state index is 0.143. The van der Waals surface area contributed by atoms with Gasteiger partial charge in [0.1, 0.15) is 17.2 Å². The van der Waals surface area contributed by atoms with Crippen LogP contribution >= 0.6 is 0 Å². The minimum atomic E-state index is -4.52. The van der Waals surface area contributed by atoms with Crippen molar-refractivity contribution >= 4 is 11.0 Å². The van der Waals surface area contributed by atoms with Crippen molar-refractivity contribution in [2.24, 2.45) is 0 Å². The van der Waals surface area contributed by atoms with Crippen molar-refractivity contribution < 1.29 is 22.0 Å². The van der Waals surface area contributed by atoms with E-state index in [-0.39, 0.29) is 16.6 Å². The largest absolute Gasteiger partial charge is 0.419 e. The Kier molecular flexibility index (Phi) is 2.93. The van der Waals surface area contributed by atoms with Gasteiger partial charge in [-0.05, 0) is 23.8 Å². The number of nitrogens with zero attached hydrogens (tertiary/aromatic N) is 1. The highest BCUT2D eigenvalue weighted by molar-refractivity contribution is 5.83. The predicted octanol–water partition coefficient (Wildman–Crippen LogP) is 4.53. The van der Waals surface area contributed by atoms with Crippen LogP contribution in [-0.2, 0) is 6.18 Å². The third-order valence-electron chi connectivity index (χ3n) is 3.02. The Hall–Kier alpha value is -2.44. The maximum atomic E-state index is 13.2. The highest BCUT2D eigenvalue weighted by Gasteiger charge is 2.34. The normalized spacial score (nSPS) is 12.0. The van der Waals surface area contributed by atoms with Crippen molar-refractivity contribution in [3.05, 3.63) is 53.9 Å². The monoisotopic (exact) mass is 298 g/mol. The van der Waals surface area contributed by atoms with Gasteiger partial charge in [0.05, 0.1) is 11.1 Å². The second-order valence-corrected chi connectivity index (χ2v) is 4.48. The summed E-state index contributed by atoms with van der Waals surface area (Å²) in [5.41, 5.74) is -0.455. The quantitative estimate of drug-likeness (QED) is 0.657. The fourth-order valence-electron chi connectivity index (χ4n) is 2.10. The van der Waals surface area contributed by atoms with E-state index in [4.69, 9.17) is 0 Å². The molecule has 3 rings (SSSR count). The smallest absolute Gasteiger partial charge is 0.359 e. The molecule has 1 N–H and O–H groups in total. The molecule has 0 aliphatic rings. The van der Waals surface area contributed by atoms with E-state index in [0.717, 1.165) is 24.5 Å². The van der Waals surface area contributed by atoms with Gasteiger partial charge in [0.2, 0.25) is 0 Å². The standard InChI is InChI=1S/C14H7F5N2/c15-9-1-7(2-10(16)4-9)8-3-12-13(21-5-8)11(6-20-12)14(17,18)19/h1-6,20H. The Balaban J connectivity index is 2.14. The van der Waals surface area contributed by atoms with Crippen LogP contribution in [0.5, 0.6) is 0 Å². The van der Waals surface area contributed by atoms with E-state index < -0.39 is 23.4 Å². The molecule has 0 atom stereocenters. The average Bonchev–Trinajstić information content (AvgIpc) is 2.80. The lowest BCUT2D eigenvalue weighted by Crippen LogP contribution is -2.03. The van der Waals surface area contributed by atoms with Gasteiger partial charge in [-0.1, -0.05) is 0 Å². The molecule has 2 aromatic heterocycles. The number of hydrogen-bond donors (Lipinski definition) is 1. The van der Waals surface area contributed by atoms with E-state index in [1.165, 1.54) is 6.07 Å². The van der Waals surface area contributed by atoms with Gasteiger partial charge in [-0.3, -0.25) is 4.98 Å². The summed E-state index contributed by atoms with van der Waals surface area (Å²) in [6.45, 7) is 0. The average molecular weight is 298 g/mol. The number of fused-ring (bicyclic) bond motifs is 1. The number of pyridine rings is 1. The molecule has 0 spiro atoms. The lowest BCUT2D eigenvalue weighted by atomic mass is 10.1. The number of benzene rings is 1. The molecule has 0 aliphatic heterocycles. The van der Waals surface area contributed by atoms with Crippen LogP contribution in [0.15, 0.2) is 36.7 Å². The summed E-state index contributed by atoms with van der Waals surface area (Å²) in [7, 11) is 0. The lowest BCUT2D eigenvalue weighted by molar-refractivity contribution is -0.136. The van der Waals surface area contributed by atoms with Crippen LogP contribution in [0.25, 0.3) is 22.2 Å². The topological polar surface area (TPSA) is 28.7 Å². The Labute approximate surface area is 115 Å². The Morgan fingerprint density at radius 2 is 1.57 bits per heavy atom. The third kappa shape index (κ3) is 2.46. The van der Waals surface area contributed by atoms with E-state index in [1.54, 1.807) is 0 Å². The van der Waals surface area contributed by atoms with Gasteiger partial charge in [0.15, 0.2) is 0 Å². The maximum Gasteiger partial charge on any atom is 0.419 e. The van der Waals surface area contributed by atoms with E-state index >= 15 is 0 Å². The summed E-state index contributed by atoms with van der Waals surface area (Å²) in [6, 6.07) is 4.25. The van der Waals surface area contributed by atoms with Crippen LogP contribution in [-0.4, -0.2) is 9.97 Å². The summed E-state index contributed by atoms with van der Waals surface area (Å²) >= 11 is 0. The summed E-state index contributed by atoms with van der Waals surface area (Å²) in [4.78, 5) is 6.21. The molecule has 0 saturated heterocycles. The van der Waals surface area contributed by atoms with Crippen molar-refractivity contribution in [2.75, 3.05) is 0 Å². The molecule has 0 fully saturated rings. The minimum Gasteiger partial charge on any atom is -0.359 e. The summed E-state index contributed by atoms with van der Waals surface area (Å²) in [5, 5.41) is 0. The molecule has 21 heavy (non-hydrogen) atoms. The predicted molar refractivity (Wildman–Crippen MR) is 66.4 cm³/mol. The van der Waals surface area contributed by atoms with Crippen molar-refractivity contribution in [1.82, 2.24) is 9.97 Å². The second-order valence-electron chi connectivity index (χ2n) is 4.48. The second kappa shape index (κ2) is 4.54. The molecule has 0 amide bonds. The maximum absolute atomic E-state index is 13.2. The van der Waals surface area contributed by atoms with Gasteiger partial charge in [-0.2, -0.15) is 13.2 Å². The SMILES string of the molecule is Fc1cc(F)cc(-c2cnc3c(C(F)(F)F)c[nH]c3c2)c1.